The van der Waals surface area contributed by atoms with Crippen LogP contribution in [0.25, 0.3) is 0 Å². The van der Waals surface area contributed by atoms with Crippen molar-refractivity contribution in [3.05, 3.63) is 58.6 Å². The highest BCUT2D eigenvalue weighted by Gasteiger charge is 2.18. The summed E-state index contributed by atoms with van der Waals surface area (Å²) in [6, 6.07) is 14.0. The Morgan fingerprint density at radius 1 is 1.15 bits per heavy atom. The molecule has 0 aromatic heterocycles. The van der Waals surface area contributed by atoms with Gasteiger partial charge in [-0.3, -0.25) is 10.1 Å². The van der Waals surface area contributed by atoms with E-state index in [1.54, 1.807) is 0 Å². The fraction of sp³-hybridized carbons (Fsp3) is 0.333. The minimum Gasteiger partial charge on any atom is -0.379 e. The SMILES string of the molecule is CCN(CCCNc1ccc(S(C)(=O)=O)cc1[N+](=O)[O-])c1ccccc1. The molecule has 0 atom stereocenters. The van der Waals surface area contributed by atoms with Gasteiger partial charge in [-0.05, 0) is 37.6 Å². The number of sulfone groups is 1. The first-order chi connectivity index (χ1) is 12.3. The van der Waals surface area contributed by atoms with E-state index in [9.17, 15) is 18.5 Å². The first-order valence-electron chi connectivity index (χ1n) is 8.35. The molecule has 0 radical (unpaired) electrons. The smallest absolute Gasteiger partial charge is 0.293 e. The van der Waals surface area contributed by atoms with Crippen molar-refractivity contribution in [2.75, 3.05) is 36.1 Å². The van der Waals surface area contributed by atoms with Gasteiger partial charge >= 0.3 is 0 Å². The number of anilines is 2. The maximum absolute atomic E-state index is 11.6. The summed E-state index contributed by atoms with van der Waals surface area (Å²) in [7, 11) is -3.48. The molecule has 0 spiro atoms. The van der Waals surface area contributed by atoms with Crippen molar-refractivity contribution >= 4 is 26.9 Å². The summed E-state index contributed by atoms with van der Waals surface area (Å²) in [6.07, 6.45) is 1.82. The molecule has 1 N–H and O–H groups in total. The number of nitro benzene ring substituents is 1. The highest BCUT2D eigenvalue weighted by Crippen LogP contribution is 2.27. The Hall–Kier alpha value is -2.61. The van der Waals surface area contributed by atoms with Gasteiger partial charge in [0.1, 0.15) is 5.69 Å². The Kier molecular flexibility index (Phi) is 6.57. The quantitative estimate of drug-likeness (QED) is 0.409. The molecule has 0 saturated carbocycles. The van der Waals surface area contributed by atoms with E-state index in [2.05, 4.69) is 17.1 Å². The van der Waals surface area contributed by atoms with E-state index in [1.165, 1.54) is 12.1 Å². The van der Waals surface area contributed by atoms with Crippen LogP contribution in [0.2, 0.25) is 0 Å². The second-order valence-electron chi connectivity index (χ2n) is 5.90. The van der Waals surface area contributed by atoms with Crippen LogP contribution in [0.5, 0.6) is 0 Å². The van der Waals surface area contributed by atoms with Gasteiger partial charge in [0, 0.05) is 37.6 Å². The molecule has 0 bridgehead atoms. The van der Waals surface area contributed by atoms with Crippen LogP contribution in [-0.4, -0.2) is 39.2 Å². The highest BCUT2D eigenvalue weighted by molar-refractivity contribution is 7.90. The minimum atomic E-state index is -3.48. The van der Waals surface area contributed by atoms with Gasteiger partial charge in [-0.25, -0.2) is 8.42 Å². The first-order valence-corrected chi connectivity index (χ1v) is 10.2. The molecule has 0 heterocycles. The second kappa shape index (κ2) is 8.66. The number of hydrogen-bond donors (Lipinski definition) is 1. The molecule has 7 nitrogen and oxygen atoms in total. The van der Waals surface area contributed by atoms with Crippen molar-refractivity contribution in [2.24, 2.45) is 0 Å². The lowest BCUT2D eigenvalue weighted by atomic mass is 10.2. The molecular weight excluding hydrogens is 354 g/mol. The lowest BCUT2D eigenvalue weighted by molar-refractivity contribution is -0.384. The predicted molar refractivity (Wildman–Crippen MR) is 104 cm³/mol. The maximum atomic E-state index is 11.6. The zero-order valence-corrected chi connectivity index (χ0v) is 15.7. The molecule has 0 amide bonds. The predicted octanol–water partition coefficient (Wildman–Crippen LogP) is 3.33. The topological polar surface area (TPSA) is 92.6 Å². The molecule has 0 fully saturated rings. The molecule has 0 saturated heterocycles. The molecule has 0 aliphatic heterocycles. The van der Waals surface area contributed by atoms with Crippen molar-refractivity contribution in [2.45, 2.75) is 18.2 Å². The van der Waals surface area contributed by atoms with Crippen LogP contribution in [-0.2, 0) is 9.84 Å². The first kappa shape index (κ1) is 19.7. The molecule has 8 heteroatoms. The summed E-state index contributed by atoms with van der Waals surface area (Å²) in [4.78, 5) is 12.8. The number of rotatable bonds is 9. The van der Waals surface area contributed by atoms with Gasteiger partial charge in [-0.15, -0.1) is 0 Å². The molecule has 0 aliphatic carbocycles. The van der Waals surface area contributed by atoms with Gasteiger partial charge in [0.25, 0.3) is 5.69 Å². The van der Waals surface area contributed by atoms with E-state index in [0.29, 0.717) is 12.2 Å². The lowest BCUT2D eigenvalue weighted by Crippen LogP contribution is -2.25. The van der Waals surface area contributed by atoms with Crippen molar-refractivity contribution in [1.29, 1.82) is 0 Å². The summed E-state index contributed by atoms with van der Waals surface area (Å²) in [5.74, 6) is 0. The average molecular weight is 377 g/mol. The number of benzene rings is 2. The Morgan fingerprint density at radius 3 is 2.42 bits per heavy atom. The van der Waals surface area contributed by atoms with Gasteiger partial charge in [0.05, 0.1) is 9.82 Å². The minimum absolute atomic E-state index is 0.0593. The van der Waals surface area contributed by atoms with E-state index in [-0.39, 0.29) is 10.6 Å². The third kappa shape index (κ3) is 5.19. The molecule has 0 unspecified atom stereocenters. The Labute approximate surface area is 153 Å². The largest absolute Gasteiger partial charge is 0.379 e. The molecule has 26 heavy (non-hydrogen) atoms. The molecule has 0 aliphatic rings. The van der Waals surface area contributed by atoms with E-state index in [1.807, 2.05) is 30.3 Å². The van der Waals surface area contributed by atoms with Crippen LogP contribution in [0.15, 0.2) is 53.4 Å². The molecule has 2 aromatic carbocycles. The fourth-order valence-electron chi connectivity index (χ4n) is 2.64. The van der Waals surface area contributed by atoms with Crippen molar-refractivity contribution in [3.63, 3.8) is 0 Å². The van der Waals surface area contributed by atoms with Gasteiger partial charge in [-0.2, -0.15) is 0 Å². The molecule has 140 valence electrons. The number of para-hydroxylation sites is 1. The Morgan fingerprint density at radius 2 is 1.85 bits per heavy atom. The van der Waals surface area contributed by atoms with Crippen LogP contribution < -0.4 is 10.2 Å². The number of hydrogen-bond acceptors (Lipinski definition) is 6. The van der Waals surface area contributed by atoms with Crippen molar-refractivity contribution in [1.82, 2.24) is 0 Å². The average Bonchev–Trinajstić information content (AvgIpc) is 2.61. The van der Waals surface area contributed by atoms with Gasteiger partial charge < -0.3 is 10.2 Å². The van der Waals surface area contributed by atoms with Gasteiger partial charge in [-0.1, -0.05) is 18.2 Å². The third-order valence-electron chi connectivity index (χ3n) is 4.02. The molecular formula is C18H23N3O4S. The second-order valence-corrected chi connectivity index (χ2v) is 7.92. The van der Waals surface area contributed by atoms with Crippen LogP contribution in [0.1, 0.15) is 13.3 Å². The number of nitrogens with one attached hydrogen (secondary N) is 1. The van der Waals surface area contributed by atoms with E-state index in [0.717, 1.165) is 37.5 Å². The van der Waals surface area contributed by atoms with Crippen molar-refractivity contribution in [3.8, 4) is 0 Å². The zero-order chi connectivity index (χ0) is 19.2. The summed E-state index contributed by atoms with van der Waals surface area (Å²) in [5.41, 5.74) is 1.23. The molecule has 2 aromatic rings. The van der Waals surface area contributed by atoms with Crippen LogP contribution in [0.3, 0.4) is 0 Å². The van der Waals surface area contributed by atoms with Crippen LogP contribution in [0.4, 0.5) is 17.1 Å². The summed E-state index contributed by atoms with van der Waals surface area (Å²) in [6.45, 7) is 4.30. The summed E-state index contributed by atoms with van der Waals surface area (Å²) < 4.78 is 23.1. The standard InChI is InChI=1S/C18H23N3O4S/c1-3-20(15-8-5-4-6-9-15)13-7-12-19-17-11-10-16(26(2,24)25)14-18(17)21(22)23/h4-6,8-11,14,19H,3,7,12-13H2,1-2H3. The van der Waals surface area contributed by atoms with Gasteiger partial charge in [0.2, 0.25) is 0 Å². The van der Waals surface area contributed by atoms with E-state index < -0.39 is 14.8 Å². The fourth-order valence-corrected chi connectivity index (χ4v) is 3.29. The number of nitrogens with zero attached hydrogens (tertiary/aromatic N) is 2. The summed E-state index contributed by atoms with van der Waals surface area (Å²) in [5, 5.41) is 14.3. The van der Waals surface area contributed by atoms with E-state index in [4.69, 9.17) is 0 Å². The lowest BCUT2D eigenvalue weighted by Gasteiger charge is -2.23. The van der Waals surface area contributed by atoms with E-state index >= 15 is 0 Å². The monoisotopic (exact) mass is 377 g/mol. The van der Waals surface area contributed by atoms with Crippen LogP contribution >= 0.6 is 0 Å². The zero-order valence-electron chi connectivity index (χ0n) is 14.9. The highest BCUT2D eigenvalue weighted by atomic mass is 32.2. The Balaban J connectivity index is 2.00. The van der Waals surface area contributed by atoms with Crippen LogP contribution in [0, 0.1) is 10.1 Å². The number of nitro groups is 1. The Bertz CT molecular complexity index is 854. The summed E-state index contributed by atoms with van der Waals surface area (Å²) >= 11 is 0. The normalized spacial score (nSPS) is 11.2. The van der Waals surface area contributed by atoms with Crippen molar-refractivity contribution < 1.29 is 13.3 Å². The maximum Gasteiger partial charge on any atom is 0.293 e. The molecule has 2 rings (SSSR count). The van der Waals surface area contributed by atoms with Gasteiger partial charge in [0.15, 0.2) is 9.84 Å². The third-order valence-corrected chi connectivity index (χ3v) is 5.13.